The van der Waals surface area contributed by atoms with E-state index < -0.39 is 45.1 Å². The van der Waals surface area contributed by atoms with Gasteiger partial charge in [0.2, 0.25) is 0 Å². The minimum atomic E-state index is -4.63. The molecule has 10 nitrogen and oxygen atoms in total. The van der Waals surface area contributed by atoms with Crippen molar-refractivity contribution in [3.05, 3.63) is 12.2 Å². The van der Waals surface area contributed by atoms with Crippen LogP contribution in [0, 0.1) is 0 Å². The first-order chi connectivity index (χ1) is 16.0. The van der Waals surface area contributed by atoms with Gasteiger partial charge in [-0.3, -0.25) is 4.57 Å². The first-order valence-corrected chi connectivity index (χ1v) is 23.1. The van der Waals surface area contributed by atoms with E-state index >= 15 is 0 Å². The molecule has 0 N–H and O–H groups in total. The number of carbonyl (C=O) groups excluding carboxylic acids is 1. The summed E-state index contributed by atoms with van der Waals surface area (Å²) in [6.45, 7) is 20.5. The Kier molecular flexibility index (Phi) is 14.7. The van der Waals surface area contributed by atoms with Crippen LogP contribution in [0.1, 0.15) is 13.3 Å². The minimum Gasteiger partial charge on any atom is -0.756 e. The van der Waals surface area contributed by atoms with Gasteiger partial charge in [-0.05, 0) is 65.2 Å². The standard InChI is InChI=1S/C22H50NO9PSi3/c1-20(2)22(24)28-19-21(30-33(25,26)29-16-14-23(3,4)5)18-27-15-13-17-36(12,31-34(6,7)8)32-35(9,10)11/h21H,1,13-19H2,2-12H3. The zero-order valence-electron chi connectivity index (χ0n) is 24.3. The lowest BCUT2D eigenvalue weighted by atomic mass is 10.3. The molecule has 0 aliphatic carbocycles. The van der Waals surface area contributed by atoms with Crippen molar-refractivity contribution in [2.75, 3.05) is 54.1 Å². The molecular formula is C22H50NO9PSi3. The lowest BCUT2D eigenvalue weighted by molar-refractivity contribution is -0.870. The number of quaternary nitrogens is 1. The average Bonchev–Trinajstić information content (AvgIpc) is 2.60. The lowest BCUT2D eigenvalue weighted by Crippen LogP contribution is -2.52. The van der Waals surface area contributed by atoms with Crippen molar-refractivity contribution in [1.29, 1.82) is 0 Å². The molecule has 0 amide bonds. The first kappa shape index (κ1) is 35.8. The van der Waals surface area contributed by atoms with Gasteiger partial charge in [0.05, 0.1) is 27.7 Å². The molecule has 0 aliphatic heterocycles. The number of nitrogens with zero attached hydrogens (tertiary/aromatic N) is 1. The molecule has 0 aliphatic rings. The van der Waals surface area contributed by atoms with Gasteiger partial charge in [0.15, 0.2) is 16.6 Å². The Balaban J connectivity index is 5.00. The van der Waals surface area contributed by atoms with Crippen molar-refractivity contribution < 1.29 is 45.5 Å². The minimum absolute atomic E-state index is 0.0270. The molecule has 0 rings (SSSR count). The first-order valence-electron chi connectivity index (χ1n) is 12.3. The zero-order chi connectivity index (χ0) is 28.4. The third kappa shape index (κ3) is 19.9. The largest absolute Gasteiger partial charge is 0.756 e. The van der Waals surface area contributed by atoms with E-state index in [0.29, 0.717) is 24.1 Å². The van der Waals surface area contributed by atoms with Gasteiger partial charge >= 0.3 is 14.5 Å². The topological polar surface area (TPSA) is 113 Å². The fourth-order valence-corrected chi connectivity index (χ4v) is 16.5. The maximum atomic E-state index is 12.3. The van der Waals surface area contributed by atoms with Gasteiger partial charge in [-0.15, -0.1) is 0 Å². The van der Waals surface area contributed by atoms with Gasteiger partial charge in [0.25, 0.3) is 7.82 Å². The predicted octanol–water partition coefficient (Wildman–Crippen LogP) is 3.86. The van der Waals surface area contributed by atoms with Crippen LogP contribution < -0.4 is 4.89 Å². The van der Waals surface area contributed by atoms with Gasteiger partial charge in [-0.2, -0.15) is 0 Å². The van der Waals surface area contributed by atoms with Crippen LogP contribution in [0.15, 0.2) is 12.2 Å². The van der Waals surface area contributed by atoms with Gasteiger partial charge in [0, 0.05) is 12.2 Å². The molecule has 0 fully saturated rings. The number of ether oxygens (including phenoxy) is 2. The van der Waals surface area contributed by atoms with Crippen LogP contribution in [0.25, 0.3) is 0 Å². The Morgan fingerprint density at radius 1 is 0.972 bits per heavy atom. The maximum Gasteiger partial charge on any atom is 0.333 e. The van der Waals surface area contributed by atoms with Gasteiger partial charge < -0.3 is 36.1 Å². The van der Waals surface area contributed by atoms with Crippen molar-refractivity contribution in [1.82, 2.24) is 0 Å². The highest BCUT2D eigenvalue weighted by atomic mass is 31.2. The lowest BCUT2D eigenvalue weighted by Gasteiger charge is -2.38. The third-order valence-corrected chi connectivity index (χ3v) is 15.0. The fourth-order valence-electron chi connectivity index (χ4n) is 3.17. The Bertz CT molecular complexity index is 733. The van der Waals surface area contributed by atoms with Crippen LogP contribution in [0.3, 0.4) is 0 Å². The van der Waals surface area contributed by atoms with Crippen LogP contribution in [0.4, 0.5) is 0 Å². The summed E-state index contributed by atoms with van der Waals surface area (Å²) in [5.74, 6) is -0.635. The van der Waals surface area contributed by atoms with Crippen LogP contribution in [0.2, 0.25) is 51.9 Å². The number of hydrogen-bond donors (Lipinski definition) is 0. The van der Waals surface area contributed by atoms with Crippen molar-refractivity contribution in [3.8, 4) is 0 Å². The second-order valence-electron chi connectivity index (χ2n) is 12.1. The molecule has 2 atom stereocenters. The van der Waals surface area contributed by atoms with E-state index in [1.807, 2.05) is 21.1 Å². The Morgan fingerprint density at radius 3 is 1.94 bits per heavy atom. The quantitative estimate of drug-likeness (QED) is 0.0555. The summed E-state index contributed by atoms with van der Waals surface area (Å²) in [4.78, 5) is 24.1. The smallest absolute Gasteiger partial charge is 0.333 e. The molecule has 0 aromatic carbocycles. The number of carbonyl (C=O) groups is 1. The molecule has 0 spiro atoms. The molecule has 0 saturated heterocycles. The number of rotatable bonds is 19. The van der Waals surface area contributed by atoms with Crippen molar-refractivity contribution >= 4 is 39.0 Å². The van der Waals surface area contributed by atoms with Crippen LogP contribution >= 0.6 is 7.82 Å². The van der Waals surface area contributed by atoms with E-state index in [0.717, 1.165) is 6.04 Å². The monoisotopic (exact) mass is 587 g/mol. The molecule has 36 heavy (non-hydrogen) atoms. The van der Waals surface area contributed by atoms with E-state index in [2.05, 4.69) is 52.4 Å². The van der Waals surface area contributed by atoms with Crippen molar-refractivity contribution in [2.45, 2.75) is 71.3 Å². The van der Waals surface area contributed by atoms with Crippen molar-refractivity contribution in [3.63, 3.8) is 0 Å². The van der Waals surface area contributed by atoms with E-state index in [9.17, 15) is 14.3 Å². The average molecular weight is 588 g/mol. The molecule has 0 aromatic heterocycles. The van der Waals surface area contributed by atoms with Crippen LogP contribution in [0.5, 0.6) is 0 Å². The SMILES string of the molecule is C=C(C)C(=O)OCC(COCCC[Si](C)(O[Si](C)(C)C)O[Si](C)(C)C)OP(=O)([O-])OCC[N+](C)(C)C. The normalized spacial score (nSPS) is 15.9. The van der Waals surface area contributed by atoms with E-state index in [-0.39, 0.29) is 25.4 Å². The molecule has 14 heteroatoms. The predicted molar refractivity (Wildman–Crippen MR) is 148 cm³/mol. The molecular weight excluding hydrogens is 537 g/mol. The summed E-state index contributed by atoms with van der Waals surface area (Å²) in [5, 5.41) is 0. The zero-order valence-corrected chi connectivity index (χ0v) is 28.2. The number of phosphoric acid groups is 1. The van der Waals surface area contributed by atoms with Crippen LogP contribution in [-0.2, 0) is 36.1 Å². The van der Waals surface area contributed by atoms with Crippen molar-refractivity contribution in [2.24, 2.45) is 0 Å². The summed E-state index contributed by atoms with van der Waals surface area (Å²) in [5.41, 5.74) is 0.202. The fraction of sp³-hybridized carbons (Fsp3) is 0.864. The summed E-state index contributed by atoms with van der Waals surface area (Å²) in [6.07, 6.45) is -0.355. The Morgan fingerprint density at radius 2 is 1.50 bits per heavy atom. The number of likely N-dealkylation sites (N-methyl/N-ethyl adjacent to an activating group) is 1. The molecule has 0 heterocycles. The molecule has 0 aromatic rings. The second kappa shape index (κ2) is 14.8. The molecule has 214 valence electrons. The number of esters is 1. The highest BCUT2D eigenvalue weighted by Gasteiger charge is 2.39. The highest BCUT2D eigenvalue weighted by Crippen LogP contribution is 2.40. The summed E-state index contributed by atoms with van der Waals surface area (Å²) >= 11 is 0. The van der Waals surface area contributed by atoms with Gasteiger partial charge in [-0.1, -0.05) is 6.58 Å². The molecule has 0 radical (unpaired) electrons. The second-order valence-corrected chi connectivity index (χ2v) is 26.4. The Hall–Kier alpha value is -0.189. The van der Waals surface area contributed by atoms with Gasteiger partial charge in [-0.25, -0.2) is 4.79 Å². The molecule has 0 bridgehead atoms. The maximum absolute atomic E-state index is 12.3. The third-order valence-electron chi connectivity index (χ3n) is 4.31. The summed E-state index contributed by atoms with van der Waals surface area (Å²) in [6, 6.07) is 0.756. The summed E-state index contributed by atoms with van der Waals surface area (Å²) < 4.78 is 46.8. The highest BCUT2D eigenvalue weighted by molar-refractivity contribution is 7.45. The van der Waals surface area contributed by atoms with Crippen LogP contribution in [-0.4, -0.2) is 95.9 Å². The van der Waals surface area contributed by atoms with Gasteiger partial charge in [0.1, 0.15) is 25.9 Å². The molecule has 2 unspecified atom stereocenters. The summed E-state index contributed by atoms with van der Waals surface area (Å²) in [7, 11) is -4.85. The van der Waals surface area contributed by atoms with E-state index in [4.69, 9.17) is 26.8 Å². The Labute approximate surface area is 222 Å². The number of phosphoric ester groups is 1. The van der Waals surface area contributed by atoms with E-state index in [1.165, 1.54) is 6.92 Å². The number of hydrogen-bond acceptors (Lipinski definition) is 9. The molecule has 0 saturated carbocycles. The van der Waals surface area contributed by atoms with E-state index in [1.54, 1.807) is 0 Å².